The zero-order valence-electron chi connectivity index (χ0n) is 18.6. The normalized spacial score (nSPS) is 10.9. The molecule has 0 aromatic heterocycles. The summed E-state index contributed by atoms with van der Waals surface area (Å²) in [5.74, 6) is 1.17. The van der Waals surface area contributed by atoms with Gasteiger partial charge in [-0.1, -0.05) is 40.9 Å². The summed E-state index contributed by atoms with van der Waals surface area (Å²) in [7, 11) is 0. The summed E-state index contributed by atoms with van der Waals surface area (Å²) in [6, 6.07) is 15.3. The maximum absolute atomic E-state index is 12.3. The monoisotopic (exact) mass is 520 g/mol. The first kappa shape index (κ1) is 25.7. The highest BCUT2D eigenvalue weighted by atomic mass is 35.5. The molecule has 9 heteroatoms. The average molecular weight is 522 g/mol. The van der Waals surface area contributed by atoms with Crippen molar-refractivity contribution in [1.82, 2.24) is 5.43 Å². The third kappa shape index (κ3) is 7.03. The molecule has 3 aromatic rings. The van der Waals surface area contributed by atoms with Crippen LogP contribution in [-0.4, -0.2) is 25.3 Å². The molecule has 0 saturated heterocycles. The number of rotatable bonds is 10. The second-order valence-electron chi connectivity index (χ2n) is 6.94. The first-order valence-corrected chi connectivity index (χ1v) is 11.6. The van der Waals surface area contributed by atoms with E-state index in [0.717, 1.165) is 5.56 Å². The molecule has 6 nitrogen and oxygen atoms in total. The number of hydrazone groups is 1. The van der Waals surface area contributed by atoms with E-state index < -0.39 is 0 Å². The molecule has 1 N–H and O–H groups in total. The number of hydrogen-bond donors (Lipinski definition) is 1. The molecule has 0 aliphatic heterocycles. The maximum Gasteiger partial charge on any atom is 0.271 e. The number of benzene rings is 3. The minimum Gasteiger partial charge on any atom is -0.494 e. The predicted octanol–water partition coefficient (Wildman–Crippen LogP) is 6.79. The highest BCUT2D eigenvalue weighted by molar-refractivity contribution is 6.35. The fourth-order valence-corrected chi connectivity index (χ4v) is 3.69. The van der Waals surface area contributed by atoms with E-state index in [1.165, 1.54) is 6.21 Å². The van der Waals surface area contributed by atoms with Gasteiger partial charge in [-0.25, -0.2) is 5.43 Å². The Labute approximate surface area is 213 Å². The van der Waals surface area contributed by atoms with Crippen molar-refractivity contribution in [3.63, 3.8) is 0 Å². The average Bonchev–Trinajstić information content (AvgIpc) is 2.80. The molecule has 0 bridgehead atoms. The predicted molar refractivity (Wildman–Crippen MR) is 136 cm³/mol. The lowest BCUT2D eigenvalue weighted by atomic mass is 10.2. The largest absolute Gasteiger partial charge is 0.494 e. The van der Waals surface area contributed by atoms with Crippen LogP contribution in [0, 0.1) is 0 Å². The van der Waals surface area contributed by atoms with E-state index in [1.807, 2.05) is 13.8 Å². The van der Waals surface area contributed by atoms with Crippen LogP contribution in [0.1, 0.15) is 35.3 Å². The van der Waals surface area contributed by atoms with Gasteiger partial charge in [-0.05, 0) is 67.9 Å². The Morgan fingerprint density at radius 2 is 1.65 bits per heavy atom. The van der Waals surface area contributed by atoms with Gasteiger partial charge in [-0.2, -0.15) is 5.10 Å². The van der Waals surface area contributed by atoms with Crippen molar-refractivity contribution in [1.29, 1.82) is 0 Å². The molecule has 0 fully saturated rings. The Kier molecular flexibility index (Phi) is 9.45. The first-order valence-electron chi connectivity index (χ1n) is 10.5. The van der Waals surface area contributed by atoms with Crippen LogP contribution >= 0.6 is 34.8 Å². The summed E-state index contributed by atoms with van der Waals surface area (Å²) < 4.78 is 17.0. The Morgan fingerprint density at radius 1 is 0.912 bits per heavy atom. The van der Waals surface area contributed by atoms with E-state index >= 15 is 0 Å². The second-order valence-corrected chi connectivity index (χ2v) is 8.19. The van der Waals surface area contributed by atoms with Crippen LogP contribution < -0.4 is 19.6 Å². The number of hydrogen-bond acceptors (Lipinski definition) is 5. The van der Waals surface area contributed by atoms with Crippen molar-refractivity contribution in [3.05, 3.63) is 86.4 Å². The van der Waals surface area contributed by atoms with Gasteiger partial charge in [0.25, 0.3) is 5.91 Å². The lowest BCUT2D eigenvalue weighted by Gasteiger charge is -2.15. The zero-order chi connectivity index (χ0) is 24.5. The number of halogens is 3. The molecule has 178 valence electrons. The Hall–Kier alpha value is -2.93. The lowest BCUT2D eigenvalue weighted by molar-refractivity contribution is 0.0955. The van der Waals surface area contributed by atoms with Crippen LogP contribution in [-0.2, 0) is 6.61 Å². The van der Waals surface area contributed by atoms with Gasteiger partial charge >= 0.3 is 0 Å². The van der Waals surface area contributed by atoms with E-state index in [-0.39, 0.29) is 12.5 Å². The molecule has 3 aromatic carbocycles. The van der Waals surface area contributed by atoms with Crippen LogP contribution in [0.2, 0.25) is 15.1 Å². The number of carbonyl (C=O) groups excluding carboxylic acids is 1. The number of ether oxygens (including phenoxy) is 3. The summed E-state index contributed by atoms with van der Waals surface area (Å²) in [6.07, 6.45) is 1.47. The summed E-state index contributed by atoms with van der Waals surface area (Å²) >= 11 is 18.6. The standard InChI is InChI=1S/C25H23Cl3N2O4/c1-3-32-20-9-6-17(7-10-20)25(31)30-29-14-16-11-22(28)24(23(12-16)33-4-2)34-15-18-5-8-19(26)13-21(18)27/h5-14H,3-4,15H2,1-2H3,(H,30,31)/b29-14+. The molecule has 0 unspecified atom stereocenters. The van der Waals surface area contributed by atoms with E-state index in [2.05, 4.69) is 10.5 Å². The lowest BCUT2D eigenvalue weighted by Crippen LogP contribution is -2.17. The SMILES string of the molecule is CCOc1ccc(C(=O)N/N=C/c2cc(Cl)c(OCc3ccc(Cl)cc3Cl)c(OCC)c2)cc1. The van der Waals surface area contributed by atoms with Crippen molar-refractivity contribution in [3.8, 4) is 17.2 Å². The first-order chi connectivity index (χ1) is 16.4. The van der Waals surface area contributed by atoms with Crippen LogP contribution in [0.15, 0.2) is 59.7 Å². The van der Waals surface area contributed by atoms with Gasteiger partial charge in [0.05, 0.1) is 24.5 Å². The summed E-state index contributed by atoms with van der Waals surface area (Å²) in [5.41, 5.74) is 4.33. The summed E-state index contributed by atoms with van der Waals surface area (Å²) in [6.45, 7) is 4.89. The minimum atomic E-state index is -0.352. The number of nitrogens with zero attached hydrogens (tertiary/aromatic N) is 1. The summed E-state index contributed by atoms with van der Waals surface area (Å²) in [4.78, 5) is 12.3. The molecule has 0 aliphatic carbocycles. The Morgan fingerprint density at radius 3 is 2.32 bits per heavy atom. The van der Waals surface area contributed by atoms with Crippen molar-refractivity contribution < 1.29 is 19.0 Å². The molecule has 0 heterocycles. The van der Waals surface area contributed by atoms with Gasteiger partial charge in [0.1, 0.15) is 12.4 Å². The van der Waals surface area contributed by atoms with Crippen molar-refractivity contribution in [2.24, 2.45) is 5.10 Å². The molecule has 34 heavy (non-hydrogen) atoms. The highest BCUT2D eigenvalue weighted by Crippen LogP contribution is 2.37. The quantitative estimate of drug-likeness (QED) is 0.236. The van der Waals surface area contributed by atoms with E-state index in [9.17, 15) is 4.79 Å². The second kappa shape index (κ2) is 12.5. The Balaban J connectivity index is 1.69. The molecule has 1 amide bonds. The fraction of sp³-hybridized carbons (Fsp3) is 0.200. The molecule has 0 atom stereocenters. The van der Waals surface area contributed by atoms with Crippen molar-refractivity contribution >= 4 is 46.9 Å². The maximum atomic E-state index is 12.3. The molecule has 3 rings (SSSR count). The van der Waals surface area contributed by atoms with E-state index in [0.29, 0.717) is 56.7 Å². The number of amides is 1. The zero-order valence-corrected chi connectivity index (χ0v) is 20.9. The molecule has 0 aliphatic rings. The van der Waals surface area contributed by atoms with Gasteiger partial charge in [-0.3, -0.25) is 4.79 Å². The smallest absolute Gasteiger partial charge is 0.271 e. The van der Waals surface area contributed by atoms with Gasteiger partial charge in [0.15, 0.2) is 11.5 Å². The third-order valence-corrected chi connectivity index (χ3v) is 5.39. The third-order valence-electron chi connectivity index (χ3n) is 4.53. The van der Waals surface area contributed by atoms with Crippen molar-refractivity contribution in [2.45, 2.75) is 20.5 Å². The highest BCUT2D eigenvalue weighted by Gasteiger charge is 2.14. The molecule has 0 spiro atoms. The Bertz CT molecular complexity index is 1170. The molecular weight excluding hydrogens is 499 g/mol. The van der Waals surface area contributed by atoms with Gasteiger partial charge in [0.2, 0.25) is 0 Å². The topological polar surface area (TPSA) is 69.2 Å². The number of nitrogens with one attached hydrogen (secondary N) is 1. The summed E-state index contributed by atoms with van der Waals surface area (Å²) in [5, 5.41) is 5.39. The number of carbonyl (C=O) groups is 1. The van der Waals surface area contributed by atoms with Crippen LogP contribution in [0.3, 0.4) is 0 Å². The molecular formula is C25H23Cl3N2O4. The molecule has 0 saturated carbocycles. The van der Waals surface area contributed by atoms with Gasteiger partial charge < -0.3 is 14.2 Å². The fourth-order valence-electron chi connectivity index (χ4n) is 2.95. The van der Waals surface area contributed by atoms with E-state index in [4.69, 9.17) is 49.0 Å². The molecule has 0 radical (unpaired) electrons. The van der Waals surface area contributed by atoms with Crippen LogP contribution in [0.25, 0.3) is 0 Å². The van der Waals surface area contributed by atoms with Gasteiger partial charge in [-0.15, -0.1) is 0 Å². The van der Waals surface area contributed by atoms with Crippen molar-refractivity contribution in [2.75, 3.05) is 13.2 Å². The van der Waals surface area contributed by atoms with Gasteiger partial charge in [0, 0.05) is 21.2 Å². The van der Waals surface area contributed by atoms with Crippen LogP contribution in [0.4, 0.5) is 0 Å². The van der Waals surface area contributed by atoms with Crippen LogP contribution in [0.5, 0.6) is 17.2 Å². The minimum absolute atomic E-state index is 0.182. The van der Waals surface area contributed by atoms with E-state index in [1.54, 1.807) is 54.6 Å².